The summed E-state index contributed by atoms with van der Waals surface area (Å²) >= 11 is 0. The van der Waals surface area contributed by atoms with Crippen molar-refractivity contribution in [1.29, 1.82) is 0 Å². The summed E-state index contributed by atoms with van der Waals surface area (Å²) in [6.07, 6.45) is 3.39. The Balaban J connectivity index is 1.30. The maximum atomic E-state index is 13.1. The molecule has 2 N–H and O–H groups in total. The molecule has 2 aromatic carbocycles. The van der Waals surface area contributed by atoms with E-state index in [1.54, 1.807) is 30.5 Å². The van der Waals surface area contributed by atoms with Crippen molar-refractivity contribution in [2.75, 3.05) is 18.5 Å². The van der Waals surface area contributed by atoms with Crippen molar-refractivity contribution in [3.05, 3.63) is 71.7 Å². The quantitative estimate of drug-likeness (QED) is 0.520. The van der Waals surface area contributed by atoms with Crippen molar-refractivity contribution in [3.8, 4) is 11.3 Å². The zero-order valence-electron chi connectivity index (χ0n) is 16.8. The molecule has 1 fully saturated rings. The van der Waals surface area contributed by atoms with Crippen LogP contribution in [0.4, 0.5) is 10.1 Å². The molecule has 9 heteroatoms. The fraction of sp³-hybridized carbons (Fsp3) is 0.273. The number of anilines is 1. The van der Waals surface area contributed by atoms with Gasteiger partial charge in [-0.3, -0.25) is 0 Å². The van der Waals surface area contributed by atoms with Crippen LogP contribution in [-0.2, 0) is 26.4 Å². The third-order valence-corrected chi connectivity index (χ3v) is 7.15. The van der Waals surface area contributed by atoms with Gasteiger partial charge in [0.25, 0.3) is 0 Å². The van der Waals surface area contributed by atoms with Gasteiger partial charge in [-0.15, -0.1) is 0 Å². The van der Waals surface area contributed by atoms with Crippen molar-refractivity contribution in [3.63, 3.8) is 0 Å². The van der Waals surface area contributed by atoms with Crippen molar-refractivity contribution in [2.24, 2.45) is 0 Å². The van der Waals surface area contributed by atoms with Crippen LogP contribution >= 0.6 is 7.94 Å². The van der Waals surface area contributed by atoms with Gasteiger partial charge in [-0.2, -0.15) is 0 Å². The molecule has 1 aliphatic rings. The van der Waals surface area contributed by atoms with E-state index in [4.69, 9.17) is 13.6 Å². The average Bonchev–Trinajstić information content (AvgIpc) is 3.23. The van der Waals surface area contributed by atoms with Crippen LogP contribution in [0.3, 0.4) is 0 Å². The maximum absolute atomic E-state index is 13.1. The molecule has 0 unspecified atom stereocenters. The van der Waals surface area contributed by atoms with E-state index >= 15 is 0 Å². The zero-order chi connectivity index (χ0) is 21.7. The number of hydrogen-bond acceptors (Lipinski definition) is 6. The number of nitrogens with one attached hydrogen (secondary N) is 1. The van der Waals surface area contributed by atoms with E-state index < -0.39 is 7.94 Å². The van der Waals surface area contributed by atoms with Crippen LogP contribution in [0.5, 0.6) is 0 Å². The Morgan fingerprint density at radius 1 is 1.10 bits per heavy atom. The molecule has 4 rings (SSSR count). The van der Waals surface area contributed by atoms with E-state index in [2.05, 4.69) is 10.5 Å². The van der Waals surface area contributed by atoms with Gasteiger partial charge in [0, 0.05) is 0 Å². The van der Waals surface area contributed by atoms with Gasteiger partial charge in [-0.25, -0.2) is 4.39 Å². The third kappa shape index (κ3) is 5.74. The predicted octanol–water partition coefficient (Wildman–Crippen LogP) is 4.48. The van der Waals surface area contributed by atoms with Crippen LogP contribution in [0.1, 0.15) is 24.0 Å². The molecule has 3 aromatic rings. The van der Waals surface area contributed by atoms with Gasteiger partial charge in [-0.1, -0.05) is 0 Å². The summed E-state index contributed by atoms with van der Waals surface area (Å²) < 4.78 is 29.3. The second kappa shape index (κ2) is 9.66. The molecule has 1 saturated heterocycles. The first-order valence-electron chi connectivity index (χ1n) is 10.1. The molecule has 0 aliphatic carbocycles. The first kappa shape index (κ1) is 21.6. The molecule has 1 aliphatic heterocycles. The van der Waals surface area contributed by atoms with Crippen LogP contribution in [0.2, 0.25) is 0 Å². The molecule has 1 aromatic heterocycles. The zero-order valence-corrected chi connectivity index (χ0v) is 17.8. The summed E-state index contributed by atoms with van der Waals surface area (Å²) in [5.74, 6) is 0.0582. The second-order valence-corrected chi connectivity index (χ2v) is 9.73. The van der Waals surface area contributed by atoms with Crippen molar-refractivity contribution >= 4 is 19.5 Å². The topological polar surface area (TPSA) is 93.8 Å². The summed E-state index contributed by atoms with van der Waals surface area (Å²) in [7, 11) is -3.13. The van der Waals surface area contributed by atoms with E-state index in [0.29, 0.717) is 42.8 Å². The van der Waals surface area contributed by atoms with Crippen molar-refractivity contribution in [2.45, 2.75) is 25.4 Å². The number of hydrogen-bond donors (Lipinski definition) is 2. The van der Waals surface area contributed by atoms with Gasteiger partial charge in [-0.05, 0) is 24.3 Å². The monoisotopic (exact) mass is 446 g/mol. The molecule has 0 saturated carbocycles. The summed E-state index contributed by atoms with van der Waals surface area (Å²) in [6, 6.07) is 13.2. The molecule has 0 spiro atoms. The third-order valence-electron chi connectivity index (χ3n) is 4.98. The first-order chi connectivity index (χ1) is 15.0. The van der Waals surface area contributed by atoms with E-state index in [1.165, 1.54) is 12.1 Å². The van der Waals surface area contributed by atoms with E-state index in [9.17, 15) is 14.1 Å². The predicted molar refractivity (Wildman–Crippen MR) is 116 cm³/mol. The molecule has 0 bridgehead atoms. The van der Waals surface area contributed by atoms with Gasteiger partial charge in [0.15, 0.2) is 0 Å². The van der Waals surface area contributed by atoms with Crippen LogP contribution in [0.15, 0.2) is 59.3 Å². The van der Waals surface area contributed by atoms with E-state index in [0.717, 1.165) is 17.5 Å². The number of carbonyl (C=O) groups excluding carboxylic acids is 1. The summed E-state index contributed by atoms with van der Waals surface area (Å²) in [5.41, 5.74) is 3.04. The van der Waals surface area contributed by atoms with Crippen LogP contribution in [0.25, 0.3) is 11.3 Å². The number of aromatic nitrogens is 1. The first-order valence-corrected chi connectivity index (χ1v) is 12.1. The molecule has 0 radical (unpaired) electrons. The van der Waals surface area contributed by atoms with Gasteiger partial charge in [0.1, 0.15) is 5.82 Å². The van der Waals surface area contributed by atoms with Crippen LogP contribution in [0, 0.1) is 5.82 Å². The van der Waals surface area contributed by atoms with Crippen LogP contribution < -0.4 is 5.32 Å². The fourth-order valence-corrected chi connectivity index (χ4v) is 5.34. The summed E-state index contributed by atoms with van der Waals surface area (Å²) in [4.78, 5) is 22.8. The Labute approximate surface area is 179 Å². The normalized spacial score (nSPS) is 16.6. The number of nitrogens with zero attached hydrogens (tertiary/aromatic N) is 1. The number of halogens is 1. The average molecular weight is 446 g/mol. The number of amides is 1. The number of rotatable bonds is 7. The second-order valence-electron chi connectivity index (χ2n) is 7.37. The van der Waals surface area contributed by atoms with E-state index in [-0.39, 0.29) is 18.1 Å². The molecule has 0 atom stereocenters. The Bertz CT molecular complexity index is 1020. The minimum atomic E-state index is -3.13. The fourth-order valence-electron chi connectivity index (χ4n) is 3.38. The molecule has 1 amide bonds. The van der Waals surface area contributed by atoms with Gasteiger partial charge in [0.05, 0.1) is 0 Å². The number of aryl methyl sites for hydroxylation is 1. The Morgan fingerprint density at radius 3 is 2.52 bits per heavy atom. The Hall–Kier alpha value is -2.64. The van der Waals surface area contributed by atoms with Crippen LogP contribution in [-0.4, -0.2) is 29.2 Å². The number of carbonyl (C=O) groups is 1. The van der Waals surface area contributed by atoms with Gasteiger partial charge >= 0.3 is 145 Å². The standard InChI is InChI=1S/C22H24FN2O5P/c23-19-7-4-17(5-8-19)22-18(14-24-30-22)6-11-21(26)25-20-9-2-16(3-10-20)15-31(27)28-12-1-13-29-31/h2-5,7-10,14,27,31H,1,6,11-13,15H2,(H,25,26). The minimum absolute atomic E-state index is 0.147. The molecule has 2 heterocycles. The molecular weight excluding hydrogens is 422 g/mol. The number of benzene rings is 2. The summed E-state index contributed by atoms with van der Waals surface area (Å²) in [6.45, 7) is 1.04. The summed E-state index contributed by atoms with van der Waals surface area (Å²) in [5, 5.41) is 6.67. The van der Waals surface area contributed by atoms with Crippen molar-refractivity contribution in [1.82, 2.24) is 5.16 Å². The molecule has 31 heavy (non-hydrogen) atoms. The molecule has 7 nitrogen and oxygen atoms in total. The van der Waals surface area contributed by atoms with E-state index in [1.807, 2.05) is 12.1 Å². The van der Waals surface area contributed by atoms with Gasteiger partial charge < -0.3 is 0 Å². The van der Waals surface area contributed by atoms with Crippen molar-refractivity contribution < 1.29 is 27.6 Å². The Morgan fingerprint density at radius 2 is 1.81 bits per heavy atom. The van der Waals surface area contributed by atoms with Gasteiger partial charge in [0.2, 0.25) is 0 Å². The molecule has 164 valence electrons. The Kier molecular flexibility index (Phi) is 6.73. The SMILES string of the molecule is O=C(CCc1cnoc1-c1ccc(F)cc1)Nc1ccc(C[PH]2(O)OCCCO2)cc1. The molecular formula is C22H24FN2O5P.